The average Bonchev–Trinajstić information content (AvgIpc) is 3.11. The van der Waals surface area contributed by atoms with E-state index in [2.05, 4.69) is 28.2 Å². The van der Waals surface area contributed by atoms with Crippen molar-refractivity contribution in [2.45, 2.75) is 69.6 Å². The van der Waals surface area contributed by atoms with E-state index >= 15 is 0 Å². The summed E-state index contributed by atoms with van der Waals surface area (Å²) >= 11 is 6.70. The highest BCUT2D eigenvalue weighted by atomic mass is 35.5. The van der Waals surface area contributed by atoms with Gasteiger partial charge < -0.3 is 20.3 Å². The van der Waals surface area contributed by atoms with Crippen LogP contribution in [0.1, 0.15) is 57.9 Å². The number of nitrogens with zero attached hydrogens (tertiary/aromatic N) is 2. The number of aromatic nitrogens is 1. The molecule has 0 spiro atoms. The molecular formula is C27H36ClN3O4. The van der Waals surface area contributed by atoms with Crippen LogP contribution in [0.5, 0.6) is 0 Å². The van der Waals surface area contributed by atoms with Crippen LogP contribution in [0.3, 0.4) is 0 Å². The fourth-order valence-electron chi connectivity index (χ4n) is 5.86. The number of amides is 1. The van der Waals surface area contributed by atoms with Crippen molar-refractivity contribution >= 4 is 34.1 Å². The molecule has 3 aliphatic rings. The van der Waals surface area contributed by atoms with Crippen molar-refractivity contribution < 1.29 is 19.7 Å². The van der Waals surface area contributed by atoms with E-state index in [-0.39, 0.29) is 23.3 Å². The van der Waals surface area contributed by atoms with Crippen LogP contribution in [0.25, 0.3) is 10.8 Å². The minimum absolute atomic E-state index is 0.0366. The van der Waals surface area contributed by atoms with Gasteiger partial charge >= 0.3 is 0 Å². The number of pyridine rings is 1. The van der Waals surface area contributed by atoms with Gasteiger partial charge in [-0.3, -0.25) is 9.69 Å². The molecule has 1 amide bonds. The number of anilines is 1. The van der Waals surface area contributed by atoms with Crippen LogP contribution in [0.4, 0.5) is 5.82 Å². The Morgan fingerprint density at radius 2 is 1.94 bits per heavy atom. The number of aliphatic hydroxyl groups excluding tert-OH is 1. The van der Waals surface area contributed by atoms with Crippen molar-refractivity contribution in [3.63, 3.8) is 0 Å². The summed E-state index contributed by atoms with van der Waals surface area (Å²) in [7, 11) is 0. The third kappa shape index (κ3) is 4.81. The highest BCUT2D eigenvalue weighted by Crippen LogP contribution is 2.42. The van der Waals surface area contributed by atoms with Crippen molar-refractivity contribution in [3.8, 4) is 0 Å². The maximum atomic E-state index is 12.7. The van der Waals surface area contributed by atoms with Gasteiger partial charge in [0.2, 0.25) is 5.91 Å². The fraction of sp³-hybridized carbons (Fsp3) is 0.630. The summed E-state index contributed by atoms with van der Waals surface area (Å²) in [6.45, 7) is 8.44. The molecule has 8 heteroatoms. The molecule has 5 rings (SSSR count). The van der Waals surface area contributed by atoms with Crippen molar-refractivity contribution in [1.29, 1.82) is 0 Å². The number of ether oxygens (including phenoxy) is 1. The number of piperidine rings is 1. The number of rotatable bonds is 5. The number of fused-ring (bicyclic) bond motifs is 1. The smallest absolute Gasteiger partial charge is 0.228 e. The van der Waals surface area contributed by atoms with Crippen LogP contribution in [0, 0.1) is 11.8 Å². The number of likely N-dealkylation sites (tertiary alicyclic amines) is 1. The quantitative estimate of drug-likeness (QED) is 0.574. The number of aliphatic hydroxyl groups is 2. The number of hydrogen-bond donors (Lipinski definition) is 3. The minimum Gasteiger partial charge on any atom is -0.390 e. The first kappa shape index (κ1) is 24.9. The topological polar surface area (TPSA) is 94.9 Å². The summed E-state index contributed by atoms with van der Waals surface area (Å²) in [5.41, 5.74) is 0.0685. The van der Waals surface area contributed by atoms with Crippen LogP contribution in [0.2, 0.25) is 5.02 Å². The maximum Gasteiger partial charge on any atom is 0.228 e. The molecule has 2 aliphatic heterocycles. The molecule has 2 atom stereocenters. The Bertz CT molecular complexity index is 1110. The number of halogens is 1. The first-order chi connectivity index (χ1) is 16.5. The van der Waals surface area contributed by atoms with Gasteiger partial charge in [-0.25, -0.2) is 4.98 Å². The van der Waals surface area contributed by atoms with E-state index in [0.29, 0.717) is 37.8 Å². The largest absolute Gasteiger partial charge is 0.390 e. The van der Waals surface area contributed by atoms with Crippen molar-refractivity contribution in [3.05, 3.63) is 35.0 Å². The van der Waals surface area contributed by atoms with Gasteiger partial charge in [-0.15, -0.1) is 0 Å². The lowest BCUT2D eigenvalue weighted by Crippen LogP contribution is -2.56. The Morgan fingerprint density at radius 1 is 1.23 bits per heavy atom. The number of nitrogens with one attached hydrogen (secondary N) is 1. The number of benzene rings is 1. The predicted molar refractivity (Wildman–Crippen MR) is 137 cm³/mol. The predicted octanol–water partition coefficient (Wildman–Crippen LogP) is 3.95. The van der Waals surface area contributed by atoms with E-state index in [1.165, 1.54) is 0 Å². The minimum atomic E-state index is -0.744. The van der Waals surface area contributed by atoms with Gasteiger partial charge in [0, 0.05) is 22.5 Å². The third-order valence-corrected chi connectivity index (χ3v) is 8.97. The Morgan fingerprint density at radius 3 is 2.57 bits per heavy atom. The van der Waals surface area contributed by atoms with E-state index in [1.54, 1.807) is 20.0 Å². The second-order valence-electron chi connectivity index (χ2n) is 11.4. The summed E-state index contributed by atoms with van der Waals surface area (Å²) < 4.78 is 5.53. The molecule has 2 aromatic rings. The molecule has 0 radical (unpaired) electrons. The fourth-order valence-corrected chi connectivity index (χ4v) is 6.18. The third-order valence-electron chi connectivity index (χ3n) is 8.64. The summed E-state index contributed by atoms with van der Waals surface area (Å²) in [5, 5.41) is 26.2. The second kappa shape index (κ2) is 9.27. The highest BCUT2D eigenvalue weighted by molar-refractivity contribution is 6.32. The van der Waals surface area contributed by atoms with Gasteiger partial charge in [-0.2, -0.15) is 0 Å². The van der Waals surface area contributed by atoms with Crippen LogP contribution in [-0.4, -0.2) is 69.6 Å². The Kier molecular flexibility index (Phi) is 6.60. The molecule has 1 aromatic carbocycles. The standard InChI is InChI=1S/C27H36ClN3O4/c1-26(2,34)20-8-18(9-20)25(33)30-24-12-17-10-21(22(28)11-19(17)13-29-24)16-4-6-31(7-5-16)27(3)15-35-14-23(27)32/h10-13,16,18,20,23,32,34H,4-9,14-15H2,1-3H3,(H,29,30,33)/t18?,20?,23-,27+/m0/s1. The molecule has 0 bridgehead atoms. The molecule has 1 aliphatic carbocycles. The monoisotopic (exact) mass is 501 g/mol. The van der Waals surface area contributed by atoms with Gasteiger partial charge in [0.05, 0.1) is 30.5 Å². The summed E-state index contributed by atoms with van der Waals surface area (Å²) in [5.74, 6) is 0.920. The van der Waals surface area contributed by atoms with E-state index in [1.807, 2.05) is 12.1 Å². The second-order valence-corrected chi connectivity index (χ2v) is 11.9. The Labute approximate surface area is 211 Å². The van der Waals surface area contributed by atoms with Gasteiger partial charge in [0.15, 0.2) is 0 Å². The number of carbonyl (C=O) groups excluding carboxylic acids is 1. The van der Waals surface area contributed by atoms with E-state index in [9.17, 15) is 15.0 Å². The summed E-state index contributed by atoms with van der Waals surface area (Å²) in [4.78, 5) is 19.5. The first-order valence-corrected chi connectivity index (χ1v) is 13.1. The maximum absolute atomic E-state index is 12.7. The Balaban J connectivity index is 1.26. The van der Waals surface area contributed by atoms with Gasteiger partial charge in [0.1, 0.15) is 5.82 Å². The van der Waals surface area contributed by atoms with Gasteiger partial charge in [-0.1, -0.05) is 11.6 Å². The number of carbonyl (C=O) groups is 1. The molecular weight excluding hydrogens is 466 g/mol. The molecule has 3 N–H and O–H groups in total. The molecule has 3 fully saturated rings. The lowest BCUT2D eigenvalue weighted by molar-refractivity contribution is -0.128. The molecule has 7 nitrogen and oxygen atoms in total. The molecule has 3 heterocycles. The first-order valence-electron chi connectivity index (χ1n) is 12.7. The van der Waals surface area contributed by atoms with Gasteiger partial charge in [0.25, 0.3) is 0 Å². The summed E-state index contributed by atoms with van der Waals surface area (Å²) in [6, 6.07) is 6.02. The van der Waals surface area contributed by atoms with E-state index in [4.69, 9.17) is 16.3 Å². The molecule has 1 saturated carbocycles. The molecule has 1 aromatic heterocycles. The van der Waals surface area contributed by atoms with Crippen molar-refractivity contribution in [2.24, 2.45) is 11.8 Å². The zero-order valence-corrected chi connectivity index (χ0v) is 21.5. The van der Waals surface area contributed by atoms with Crippen LogP contribution >= 0.6 is 11.6 Å². The number of hydrogen-bond acceptors (Lipinski definition) is 6. The van der Waals surface area contributed by atoms with Crippen molar-refractivity contribution in [2.75, 3.05) is 31.6 Å². The molecule has 2 saturated heterocycles. The van der Waals surface area contributed by atoms with E-state index in [0.717, 1.165) is 47.3 Å². The van der Waals surface area contributed by atoms with Crippen LogP contribution in [-0.2, 0) is 9.53 Å². The lowest BCUT2D eigenvalue weighted by atomic mass is 9.67. The van der Waals surface area contributed by atoms with Crippen LogP contribution < -0.4 is 5.32 Å². The average molecular weight is 502 g/mol. The van der Waals surface area contributed by atoms with Crippen LogP contribution in [0.15, 0.2) is 24.4 Å². The highest BCUT2D eigenvalue weighted by Gasteiger charge is 2.45. The molecule has 0 unspecified atom stereocenters. The van der Waals surface area contributed by atoms with Gasteiger partial charge in [-0.05, 0) is 101 Å². The SMILES string of the molecule is CC(C)(O)C1CC(C(=O)Nc2cc3cc(C4CCN([C@]5(C)COC[C@@H]5O)CC4)c(Cl)cc3cn2)C1. The van der Waals surface area contributed by atoms with E-state index < -0.39 is 11.7 Å². The lowest BCUT2D eigenvalue weighted by Gasteiger charge is -2.43. The zero-order chi connectivity index (χ0) is 25.0. The van der Waals surface area contributed by atoms with Crippen molar-refractivity contribution in [1.82, 2.24) is 9.88 Å². The molecule has 35 heavy (non-hydrogen) atoms. The molecule has 190 valence electrons. The summed E-state index contributed by atoms with van der Waals surface area (Å²) in [6.07, 6.45) is 4.63. The normalized spacial score (nSPS) is 30.4. The zero-order valence-electron chi connectivity index (χ0n) is 20.8. The Hall–Kier alpha value is -1.77.